The van der Waals surface area contributed by atoms with Gasteiger partial charge in [-0.25, -0.2) is 4.52 Å². The Bertz CT molecular complexity index is 803. The molecular weight excluding hydrogens is 320 g/mol. The third-order valence-electron chi connectivity index (χ3n) is 3.32. The molecule has 0 aliphatic heterocycles. The van der Waals surface area contributed by atoms with Crippen LogP contribution in [-0.4, -0.2) is 25.2 Å². The largest absolute Gasteiger partial charge is 0.294 e. The molecule has 3 aromatic rings. The number of rotatable bonds is 3. The number of carbonyl (C=O) groups excluding carboxylic acids is 1. The average Bonchev–Trinajstić information content (AvgIpc) is 2.96. The van der Waals surface area contributed by atoms with Gasteiger partial charge in [0.25, 0.3) is 0 Å². The standard InChI is InChI=1S/C14H13BrN4O/c1-9-14(15)12(18(2)17-9)7-13(20)10-8-16-19-6-4-3-5-11(10)19/h3-6,8H,7H2,1-2H3. The number of fused-ring (bicyclic) bond motifs is 1. The van der Waals surface area contributed by atoms with Crippen LogP contribution in [-0.2, 0) is 13.5 Å². The summed E-state index contributed by atoms with van der Waals surface area (Å²) in [5.41, 5.74) is 3.22. The minimum absolute atomic E-state index is 0.0369. The normalized spacial score (nSPS) is 11.2. The van der Waals surface area contributed by atoms with Gasteiger partial charge in [0.15, 0.2) is 5.78 Å². The van der Waals surface area contributed by atoms with Gasteiger partial charge in [0, 0.05) is 13.2 Å². The van der Waals surface area contributed by atoms with Crippen molar-refractivity contribution in [3.8, 4) is 0 Å². The second kappa shape index (κ2) is 4.86. The molecule has 6 heteroatoms. The van der Waals surface area contributed by atoms with E-state index in [4.69, 9.17) is 0 Å². The molecule has 3 rings (SSSR count). The first-order valence-corrected chi connectivity index (χ1v) is 7.00. The number of hydrogen-bond acceptors (Lipinski definition) is 3. The van der Waals surface area contributed by atoms with Gasteiger partial charge >= 0.3 is 0 Å². The number of hydrogen-bond donors (Lipinski definition) is 0. The predicted octanol–water partition coefficient (Wildman–Crippen LogP) is 2.56. The highest BCUT2D eigenvalue weighted by Crippen LogP contribution is 2.22. The van der Waals surface area contributed by atoms with Gasteiger partial charge in [-0.2, -0.15) is 10.2 Å². The summed E-state index contributed by atoms with van der Waals surface area (Å²) in [7, 11) is 1.84. The predicted molar refractivity (Wildman–Crippen MR) is 78.9 cm³/mol. The number of aryl methyl sites for hydroxylation is 2. The first-order valence-electron chi connectivity index (χ1n) is 6.21. The van der Waals surface area contributed by atoms with Crippen LogP contribution < -0.4 is 0 Å². The molecule has 0 spiro atoms. The molecule has 3 aromatic heterocycles. The maximum Gasteiger partial charge on any atom is 0.172 e. The van der Waals surface area contributed by atoms with Crippen molar-refractivity contribution in [1.29, 1.82) is 0 Å². The van der Waals surface area contributed by atoms with Gasteiger partial charge in [-0.3, -0.25) is 9.48 Å². The number of nitrogens with zero attached hydrogens (tertiary/aromatic N) is 4. The first-order chi connectivity index (χ1) is 9.58. The lowest BCUT2D eigenvalue weighted by Crippen LogP contribution is -2.08. The van der Waals surface area contributed by atoms with Crippen LogP contribution >= 0.6 is 15.9 Å². The Hall–Kier alpha value is -1.95. The average molecular weight is 333 g/mol. The number of aromatic nitrogens is 4. The van der Waals surface area contributed by atoms with E-state index in [1.807, 2.05) is 38.4 Å². The molecule has 20 heavy (non-hydrogen) atoms. The van der Waals surface area contributed by atoms with E-state index in [2.05, 4.69) is 26.1 Å². The molecule has 0 unspecified atom stereocenters. The zero-order valence-corrected chi connectivity index (χ0v) is 12.8. The third-order valence-corrected chi connectivity index (χ3v) is 4.35. The van der Waals surface area contributed by atoms with Crippen LogP contribution in [0.5, 0.6) is 0 Å². The Morgan fingerprint density at radius 1 is 1.40 bits per heavy atom. The molecule has 0 aliphatic carbocycles. The van der Waals surface area contributed by atoms with E-state index in [-0.39, 0.29) is 5.78 Å². The summed E-state index contributed by atoms with van der Waals surface area (Å²) in [6, 6.07) is 5.68. The summed E-state index contributed by atoms with van der Waals surface area (Å²) in [4.78, 5) is 12.5. The number of pyridine rings is 1. The van der Waals surface area contributed by atoms with E-state index in [9.17, 15) is 4.79 Å². The van der Waals surface area contributed by atoms with Crippen LogP contribution in [0, 0.1) is 6.92 Å². The maximum atomic E-state index is 12.5. The van der Waals surface area contributed by atoms with E-state index in [0.717, 1.165) is 21.4 Å². The minimum atomic E-state index is 0.0369. The summed E-state index contributed by atoms with van der Waals surface area (Å²) in [6.45, 7) is 1.91. The summed E-state index contributed by atoms with van der Waals surface area (Å²) in [6.07, 6.45) is 3.75. The van der Waals surface area contributed by atoms with Crippen molar-refractivity contribution in [2.75, 3.05) is 0 Å². The van der Waals surface area contributed by atoms with Crippen molar-refractivity contribution in [3.05, 3.63) is 52.0 Å². The summed E-state index contributed by atoms with van der Waals surface area (Å²) in [5.74, 6) is 0.0369. The fourth-order valence-electron chi connectivity index (χ4n) is 2.27. The number of halogens is 1. The fourth-order valence-corrected chi connectivity index (χ4v) is 2.74. The maximum absolute atomic E-state index is 12.5. The molecule has 0 saturated carbocycles. The van der Waals surface area contributed by atoms with E-state index in [1.54, 1.807) is 15.4 Å². The van der Waals surface area contributed by atoms with Crippen LogP contribution in [0.4, 0.5) is 0 Å². The summed E-state index contributed by atoms with van der Waals surface area (Å²) >= 11 is 3.49. The molecule has 0 fully saturated rings. The molecule has 5 nitrogen and oxygen atoms in total. The number of carbonyl (C=O) groups is 1. The summed E-state index contributed by atoms with van der Waals surface area (Å²) < 4.78 is 4.34. The van der Waals surface area contributed by atoms with E-state index in [0.29, 0.717) is 12.0 Å². The Balaban J connectivity index is 1.97. The molecule has 0 aliphatic rings. The highest BCUT2D eigenvalue weighted by Gasteiger charge is 2.18. The molecule has 0 bridgehead atoms. The molecule has 0 radical (unpaired) electrons. The number of Topliss-reactive ketones (excluding diaryl/α,β-unsaturated/α-hetero) is 1. The SMILES string of the molecule is Cc1nn(C)c(CC(=O)c2cnn3ccccc23)c1Br. The smallest absolute Gasteiger partial charge is 0.172 e. The topological polar surface area (TPSA) is 52.2 Å². The van der Waals surface area contributed by atoms with E-state index in [1.165, 1.54) is 0 Å². The van der Waals surface area contributed by atoms with Gasteiger partial charge in [0.1, 0.15) is 0 Å². The molecule has 0 saturated heterocycles. The van der Waals surface area contributed by atoms with Gasteiger partial charge in [-0.05, 0) is 35.0 Å². The molecule has 0 amide bonds. The van der Waals surface area contributed by atoms with E-state index >= 15 is 0 Å². The third kappa shape index (κ3) is 2.06. The van der Waals surface area contributed by atoms with Crippen molar-refractivity contribution in [2.45, 2.75) is 13.3 Å². The van der Waals surface area contributed by atoms with Crippen molar-refractivity contribution < 1.29 is 4.79 Å². The second-order valence-electron chi connectivity index (χ2n) is 4.66. The monoisotopic (exact) mass is 332 g/mol. The van der Waals surface area contributed by atoms with Crippen LogP contribution in [0.25, 0.3) is 5.52 Å². The van der Waals surface area contributed by atoms with Crippen LogP contribution in [0.3, 0.4) is 0 Å². The lowest BCUT2D eigenvalue weighted by Gasteiger charge is -2.02. The second-order valence-corrected chi connectivity index (χ2v) is 5.45. The first kappa shape index (κ1) is 13.1. The molecule has 0 aromatic carbocycles. The van der Waals surface area contributed by atoms with Crippen molar-refractivity contribution in [2.24, 2.45) is 7.05 Å². The molecular formula is C14H13BrN4O. The molecule has 3 heterocycles. The Morgan fingerprint density at radius 2 is 2.20 bits per heavy atom. The zero-order chi connectivity index (χ0) is 14.3. The molecule has 0 N–H and O–H groups in total. The van der Waals surface area contributed by atoms with Gasteiger partial charge in [0.2, 0.25) is 0 Å². The quantitative estimate of drug-likeness (QED) is 0.692. The van der Waals surface area contributed by atoms with Crippen LogP contribution in [0.2, 0.25) is 0 Å². The molecule has 0 atom stereocenters. The van der Waals surface area contributed by atoms with Crippen LogP contribution in [0.15, 0.2) is 35.1 Å². The van der Waals surface area contributed by atoms with Crippen molar-refractivity contribution >= 4 is 27.2 Å². The van der Waals surface area contributed by atoms with E-state index < -0.39 is 0 Å². The van der Waals surface area contributed by atoms with Gasteiger partial charge in [-0.15, -0.1) is 0 Å². The zero-order valence-electron chi connectivity index (χ0n) is 11.2. The Labute approximate surface area is 124 Å². The van der Waals surface area contributed by atoms with Gasteiger partial charge < -0.3 is 0 Å². The Morgan fingerprint density at radius 3 is 2.90 bits per heavy atom. The number of ketones is 1. The summed E-state index contributed by atoms with van der Waals surface area (Å²) in [5, 5.41) is 8.50. The molecule has 102 valence electrons. The Kier molecular flexibility index (Phi) is 3.17. The lowest BCUT2D eigenvalue weighted by atomic mass is 10.1. The van der Waals surface area contributed by atoms with Crippen LogP contribution in [0.1, 0.15) is 21.7 Å². The van der Waals surface area contributed by atoms with Crippen molar-refractivity contribution in [3.63, 3.8) is 0 Å². The van der Waals surface area contributed by atoms with Gasteiger partial charge in [0.05, 0.1) is 39.6 Å². The van der Waals surface area contributed by atoms with Gasteiger partial charge in [-0.1, -0.05) is 6.07 Å². The highest BCUT2D eigenvalue weighted by molar-refractivity contribution is 9.10. The van der Waals surface area contributed by atoms with Crippen molar-refractivity contribution in [1.82, 2.24) is 19.4 Å². The lowest BCUT2D eigenvalue weighted by molar-refractivity contribution is 0.0992. The minimum Gasteiger partial charge on any atom is -0.294 e. The highest BCUT2D eigenvalue weighted by atomic mass is 79.9. The fraction of sp³-hybridized carbons (Fsp3) is 0.214.